The Labute approximate surface area is 101 Å². The molecule has 0 unspecified atom stereocenters. The van der Waals surface area contributed by atoms with Gasteiger partial charge in [0, 0.05) is 19.5 Å². The van der Waals surface area contributed by atoms with Gasteiger partial charge < -0.3 is 9.64 Å². The average molecular weight is 242 g/mol. The molecule has 88 valence electrons. The standard InChI is InChI=1S/C12H16ClNO2/c1-14(12(15)16-9-5-8-13)10-11-6-3-2-4-7-11/h2-4,6-7H,5,8-10H2,1H3. The highest BCUT2D eigenvalue weighted by molar-refractivity contribution is 6.17. The summed E-state index contributed by atoms with van der Waals surface area (Å²) in [6, 6.07) is 9.79. The molecule has 0 saturated carbocycles. The predicted octanol–water partition coefficient (Wildman–Crippen LogP) is 2.88. The molecule has 0 atom stereocenters. The Balaban J connectivity index is 2.34. The van der Waals surface area contributed by atoms with E-state index in [-0.39, 0.29) is 6.09 Å². The second kappa shape index (κ2) is 7.12. The Bertz CT molecular complexity index is 316. The molecule has 0 saturated heterocycles. The van der Waals surface area contributed by atoms with Crippen LogP contribution in [0.4, 0.5) is 4.79 Å². The van der Waals surface area contributed by atoms with E-state index >= 15 is 0 Å². The molecule has 0 heterocycles. The van der Waals surface area contributed by atoms with Crippen molar-refractivity contribution in [1.82, 2.24) is 4.90 Å². The lowest BCUT2D eigenvalue weighted by atomic mass is 10.2. The Morgan fingerprint density at radius 2 is 2.06 bits per heavy atom. The first-order valence-corrected chi connectivity index (χ1v) is 5.75. The number of halogens is 1. The minimum Gasteiger partial charge on any atom is -0.449 e. The Kier molecular flexibility index (Phi) is 5.72. The van der Waals surface area contributed by atoms with Gasteiger partial charge in [0.1, 0.15) is 0 Å². The van der Waals surface area contributed by atoms with Crippen LogP contribution in [0.1, 0.15) is 12.0 Å². The molecule has 0 aromatic heterocycles. The summed E-state index contributed by atoms with van der Waals surface area (Å²) in [4.78, 5) is 13.0. The smallest absolute Gasteiger partial charge is 0.409 e. The number of carbonyl (C=O) groups excluding carboxylic acids is 1. The molecular weight excluding hydrogens is 226 g/mol. The molecule has 0 fully saturated rings. The number of ether oxygens (including phenoxy) is 1. The summed E-state index contributed by atoms with van der Waals surface area (Å²) in [7, 11) is 1.72. The normalized spacial score (nSPS) is 9.88. The van der Waals surface area contributed by atoms with Crippen molar-refractivity contribution in [3.8, 4) is 0 Å². The van der Waals surface area contributed by atoms with Crippen LogP contribution in [0, 0.1) is 0 Å². The van der Waals surface area contributed by atoms with Crippen molar-refractivity contribution in [2.24, 2.45) is 0 Å². The van der Waals surface area contributed by atoms with Gasteiger partial charge in [0.25, 0.3) is 0 Å². The summed E-state index contributed by atoms with van der Waals surface area (Å²) >= 11 is 5.49. The van der Waals surface area contributed by atoms with Crippen molar-refractivity contribution >= 4 is 17.7 Å². The fourth-order valence-corrected chi connectivity index (χ4v) is 1.36. The molecule has 0 aliphatic carbocycles. The van der Waals surface area contributed by atoms with E-state index in [2.05, 4.69) is 0 Å². The fourth-order valence-electron chi connectivity index (χ4n) is 1.25. The molecule has 0 spiro atoms. The Hall–Kier alpha value is -1.22. The van der Waals surface area contributed by atoms with Crippen LogP contribution in [0.25, 0.3) is 0 Å². The summed E-state index contributed by atoms with van der Waals surface area (Å²) in [6.07, 6.45) is 0.376. The molecule has 1 aromatic rings. The minimum absolute atomic E-state index is 0.311. The van der Waals surface area contributed by atoms with Gasteiger partial charge in [-0.05, 0) is 12.0 Å². The lowest BCUT2D eigenvalue weighted by Crippen LogP contribution is -2.27. The van der Waals surface area contributed by atoms with Crippen LogP contribution in [0.15, 0.2) is 30.3 Å². The molecule has 0 bridgehead atoms. The number of nitrogens with zero attached hydrogens (tertiary/aromatic N) is 1. The number of carbonyl (C=O) groups is 1. The van der Waals surface area contributed by atoms with Gasteiger partial charge in [-0.3, -0.25) is 0 Å². The van der Waals surface area contributed by atoms with Gasteiger partial charge in [-0.15, -0.1) is 11.6 Å². The second-order valence-corrected chi connectivity index (χ2v) is 3.88. The minimum atomic E-state index is -0.311. The maximum Gasteiger partial charge on any atom is 0.409 e. The van der Waals surface area contributed by atoms with Crippen molar-refractivity contribution in [1.29, 1.82) is 0 Å². The van der Waals surface area contributed by atoms with E-state index < -0.39 is 0 Å². The summed E-state index contributed by atoms with van der Waals surface area (Å²) in [5.74, 6) is 0.510. The predicted molar refractivity (Wildman–Crippen MR) is 64.6 cm³/mol. The molecule has 0 N–H and O–H groups in total. The zero-order valence-electron chi connectivity index (χ0n) is 9.36. The van der Waals surface area contributed by atoms with Crippen LogP contribution in [0.5, 0.6) is 0 Å². The highest BCUT2D eigenvalue weighted by atomic mass is 35.5. The first kappa shape index (κ1) is 12.8. The van der Waals surface area contributed by atoms with E-state index in [0.29, 0.717) is 25.5 Å². The van der Waals surface area contributed by atoms with Crippen LogP contribution in [0.3, 0.4) is 0 Å². The topological polar surface area (TPSA) is 29.5 Å². The lowest BCUT2D eigenvalue weighted by molar-refractivity contribution is 0.109. The Morgan fingerprint density at radius 1 is 1.38 bits per heavy atom. The molecule has 0 radical (unpaired) electrons. The largest absolute Gasteiger partial charge is 0.449 e. The second-order valence-electron chi connectivity index (χ2n) is 3.50. The highest BCUT2D eigenvalue weighted by Crippen LogP contribution is 2.04. The number of alkyl halides is 1. The molecule has 4 heteroatoms. The molecular formula is C12H16ClNO2. The molecule has 1 rings (SSSR count). The highest BCUT2D eigenvalue weighted by Gasteiger charge is 2.09. The molecule has 0 aliphatic heterocycles. The van der Waals surface area contributed by atoms with Crippen LogP contribution in [0.2, 0.25) is 0 Å². The maximum atomic E-state index is 11.5. The molecule has 0 aliphatic rings. The maximum absolute atomic E-state index is 11.5. The van der Waals surface area contributed by atoms with E-state index in [1.165, 1.54) is 0 Å². The van der Waals surface area contributed by atoms with Crippen LogP contribution in [-0.2, 0) is 11.3 Å². The summed E-state index contributed by atoms with van der Waals surface area (Å²) in [5.41, 5.74) is 1.08. The molecule has 3 nitrogen and oxygen atoms in total. The van der Waals surface area contributed by atoms with Crippen molar-refractivity contribution in [3.05, 3.63) is 35.9 Å². The molecule has 16 heavy (non-hydrogen) atoms. The van der Waals surface area contributed by atoms with Gasteiger partial charge in [0.2, 0.25) is 0 Å². The van der Waals surface area contributed by atoms with Gasteiger partial charge in [-0.2, -0.15) is 0 Å². The zero-order chi connectivity index (χ0) is 11.8. The number of hydrogen-bond acceptors (Lipinski definition) is 2. The van der Waals surface area contributed by atoms with Gasteiger partial charge in [-0.1, -0.05) is 30.3 Å². The number of amides is 1. The van der Waals surface area contributed by atoms with Crippen molar-refractivity contribution < 1.29 is 9.53 Å². The first-order valence-electron chi connectivity index (χ1n) is 5.22. The third kappa shape index (κ3) is 4.53. The fraction of sp³-hybridized carbons (Fsp3) is 0.417. The van der Waals surface area contributed by atoms with Crippen molar-refractivity contribution in [3.63, 3.8) is 0 Å². The van der Waals surface area contributed by atoms with Gasteiger partial charge in [0.05, 0.1) is 6.61 Å². The van der Waals surface area contributed by atoms with Crippen LogP contribution >= 0.6 is 11.6 Å². The lowest BCUT2D eigenvalue weighted by Gasteiger charge is -2.16. The van der Waals surface area contributed by atoms with E-state index in [9.17, 15) is 4.79 Å². The van der Waals surface area contributed by atoms with E-state index in [4.69, 9.17) is 16.3 Å². The molecule has 1 aromatic carbocycles. The molecule has 1 amide bonds. The van der Waals surface area contributed by atoms with E-state index in [1.807, 2.05) is 30.3 Å². The Morgan fingerprint density at radius 3 is 2.69 bits per heavy atom. The number of benzene rings is 1. The van der Waals surface area contributed by atoms with Crippen molar-refractivity contribution in [2.75, 3.05) is 19.5 Å². The third-order valence-electron chi connectivity index (χ3n) is 2.08. The van der Waals surface area contributed by atoms with Crippen LogP contribution in [-0.4, -0.2) is 30.5 Å². The van der Waals surface area contributed by atoms with Crippen LogP contribution < -0.4 is 0 Å². The van der Waals surface area contributed by atoms with Gasteiger partial charge in [0.15, 0.2) is 0 Å². The SMILES string of the molecule is CN(Cc1ccccc1)C(=O)OCCCCl. The van der Waals surface area contributed by atoms with Crippen molar-refractivity contribution in [2.45, 2.75) is 13.0 Å². The quantitative estimate of drug-likeness (QED) is 0.586. The van der Waals surface area contributed by atoms with Gasteiger partial charge in [-0.25, -0.2) is 4.79 Å². The summed E-state index contributed by atoms with van der Waals surface area (Å²) in [5, 5.41) is 0. The number of hydrogen-bond donors (Lipinski definition) is 0. The summed E-state index contributed by atoms with van der Waals surface area (Å²) < 4.78 is 5.02. The first-order chi connectivity index (χ1) is 7.74. The zero-order valence-corrected chi connectivity index (χ0v) is 10.1. The summed E-state index contributed by atoms with van der Waals surface area (Å²) in [6.45, 7) is 0.933. The number of rotatable bonds is 5. The van der Waals surface area contributed by atoms with E-state index in [1.54, 1.807) is 11.9 Å². The monoisotopic (exact) mass is 241 g/mol. The average Bonchev–Trinajstić information content (AvgIpc) is 2.30. The van der Waals surface area contributed by atoms with E-state index in [0.717, 1.165) is 5.56 Å². The van der Waals surface area contributed by atoms with Gasteiger partial charge >= 0.3 is 6.09 Å². The third-order valence-corrected chi connectivity index (χ3v) is 2.35.